The van der Waals surface area contributed by atoms with Gasteiger partial charge in [-0.2, -0.15) is 4.31 Å². The molecule has 2 heterocycles. The Labute approximate surface area is 169 Å². The zero-order valence-electron chi connectivity index (χ0n) is 17.2. The average molecular weight is 409 g/mol. The third-order valence-corrected chi connectivity index (χ3v) is 8.05. The summed E-state index contributed by atoms with van der Waals surface area (Å²) in [6, 6.07) is 5.48. The van der Waals surface area contributed by atoms with Gasteiger partial charge in [0.25, 0.3) is 5.91 Å². The molecule has 0 radical (unpaired) electrons. The molecule has 2 saturated heterocycles. The molecule has 1 amide bonds. The first-order chi connectivity index (χ1) is 13.4. The first kappa shape index (κ1) is 21.3. The van der Waals surface area contributed by atoms with Crippen molar-refractivity contribution in [1.29, 1.82) is 0 Å². The zero-order valence-corrected chi connectivity index (χ0v) is 18.1. The van der Waals surface area contributed by atoms with Crippen molar-refractivity contribution in [3.05, 3.63) is 29.3 Å². The Morgan fingerprint density at radius 3 is 2.18 bits per heavy atom. The van der Waals surface area contributed by atoms with Crippen LogP contribution in [-0.4, -0.2) is 69.3 Å². The Bertz CT molecular complexity index is 778. The van der Waals surface area contributed by atoms with Gasteiger partial charge in [0.15, 0.2) is 6.54 Å². The van der Waals surface area contributed by atoms with E-state index < -0.39 is 10.0 Å². The lowest BCUT2D eigenvalue weighted by Gasteiger charge is -2.33. The molecule has 3 rings (SSSR count). The lowest BCUT2D eigenvalue weighted by atomic mass is 10.1. The second kappa shape index (κ2) is 9.37. The monoisotopic (exact) mass is 408 g/mol. The molecule has 2 fully saturated rings. The van der Waals surface area contributed by atoms with Gasteiger partial charge in [-0.05, 0) is 38.3 Å². The molecule has 0 bridgehead atoms. The van der Waals surface area contributed by atoms with Gasteiger partial charge in [-0.15, -0.1) is 0 Å². The summed E-state index contributed by atoms with van der Waals surface area (Å²) in [6.45, 7) is 8.36. The average Bonchev–Trinajstić information content (AvgIpc) is 2.61. The van der Waals surface area contributed by atoms with E-state index in [4.69, 9.17) is 0 Å². The van der Waals surface area contributed by atoms with Gasteiger partial charge in [-0.25, -0.2) is 8.42 Å². The molecule has 1 N–H and O–H groups in total. The molecule has 28 heavy (non-hydrogen) atoms. The molecule has 0 aliphatic carbocycles. The van der Waals surface area contributed by atoms with Crippen molar-refractivity contribution in [3.8, 4) is 0 Å². The van der Waals surface area contributed by atoms with Crippen LogP contribution in [0.15, 0.2) is 23.1 Å². The first-order valence-corrected chi connectivity index (χ1v) is 12.0. The number of likely N-dealkylation sites (tertiary alicyclic amines) is 1. The third kappa shape index (κ3) is 5.13. The summed E-state index contributed by atoms with van der Waals surface area (Å²) in [5.74, 6) is 0.225. The van der Waals surface area contributed by atoms with Crippen LogP contribution in [0.5, 0.6) is 0 Å². The highest BCUT2D eigenvalue weighted by atomic mass is 32.2. The Hall–Kier alpha value is -1.44. The fraction of sp³-hybridized carbons (Fsp3) is 0.667. The molecule has 6 nitrogen and oxygen atoms in total. The van der Waals surface area contributed by atoms with Gasteiger partial charge in [0.2, 0.25) is 10.0 Å². The van der Waals surface area contributed by atoms with Crippen molar-refractivity contribution in [2.45, 2.75) is 50.8 Å². The van der Waals surface area contributed by atoms with Crippen LogP contribution in [0.25, 0.3) is 0 Å². The number of piperazine rings is 1. The van der Waals surface area contributed by atoms with Crippen LogP contribution in [0.1, 0.15) is 43.2 Å². The van der Waals surface area contributed by atoms with Gasteiger partial charge >= 0.3 is 0 Å². The quantitative estimate of drug-likeness (QED) is 0.808. The number of amides is 1. The normalized spacial score (nSPS) is 20.6. The third-order valence-electron chi connectivity index (χ3n) is 5.99. The molecule has 0 aromatic heterocycles. The van der Waals surface area contributed by atoms with Gasteiger partial charge in [0.1, 0.15) is 0 Å². The summed E-state index contributed by atoms with van der Waals surface area (Å²) in [4.78, 5) is 16.3. The largest absolute Gasteiger partial charge is 0.338 e. The molecule has 0 spiro atoms. The van der Waals surface area contributed by atoms with E-state index in [1.54, 1.807) is 10.4 Å². The second-order valence-corrected chi connectivity index (χ2v) is 10.2. The number of quaternary nitrogens is 1. The summed E-state index contributed by atoms with van der Waals surface area (Å²) in [7, 11) is -3.47. The number of benzene rings is 1. The van der Waals surface area contributed by atoms with E-state index in [2.05, 4.69) is 0 Å². The number of nitrogens with one attached hydrogen (secondary N) is 1. The molecular formula is C21H34N3O3S+. The van der Waals surface area contributed by atoms with Gasteiger partial charge in [0, 0.05) is 13.1 Å². The highest BCUT2D eigenvalue weighted by molar-refractivity contribution is 7.89. The van der Waals surface area contributed by atoms with Crippen molar-refractivity contribution in [1.82, 2.24) is 9.21 Å². The number of rotatable bonds is 4. The minimum absolute atomic E-state index is 0.225. The van der Waals surface area contributed by atoms with Crippen LogP contribution in [-0.2, 0) is 14.8 Å². The van der Waals surface area contributed by atoms with Crippen LogP contribution in [0.2, 0.25) is 0 Å². The highest BCUT2D eigenvalue weighted by Gasteiger charge is 2.32. The topological polar surface area (TPSA) is 62.1 Å². The lowest BCUT2D eigenvalue weighted by Crippen LogP contribution is -3.15. The molecule has 2 aliphatic rings. The summed E-state index contributed by atoms with van der Waals surface area (Å²) in [5.41, 5.74) is 1.86. The van der Waals surface area contributed by atoms with Crippen LogP contribution in [0, 0.1) is 13.8 Å². The number of carbonyl (C=O) groups is 1. The van der Waals surface area contributed by atoms with Crippen LogP contribution >= 0.6 is 0 Å². The van der Waals surface area contributed by atoms with Crippen molar-refractivity contribution < 1.29 is 18.1 Å². The Balaban J connectivity index is 1.55. The summed E-state index contributed by atoms with van der Waals surface area (Å²) in [5, 5.41) is 0. The van der Waals surface area contributed by atoms with E-state index >= 15 is 0 Å². The predicted molar refractivity (Wildman–Crippen MR) is 110 cm³/mol. The highest BCUT2D eigenvalue weighted by Crippen LogP contribution is 2.21. The maximum Gasteiger partial charge on any atom is 0.277 e. The molecule has 0 saturated carbocycles. The number of nitrogens with zero attached hydrogens (tertiary/aromatic N) is 2. The molecule has 1 aromatic carbocycles. The lowest BCUT2D eigenvalue weighted by molar-refractivity contribution is -0.896. The van der Waals surface area contributed by atoms with Crippen LogP contribution in [0.4, 0.5) is 0 Å². The first-order valence-electron chi connectivity index (χ1n) is 10.6. The maximum atomic E-state index is 13.0. The molecule has 0 atom stereocenters. The van der Waals surface area contributed by atoms with Crippen molar-refractivity contribution in [2.75, 3.05) is 45.8 Å². The molecule has 156 valence electrons. The van der Waals surface area contributed by atoms with Crippen molar-refractivity contribution >= 4 is 15.9 Å². The Morgan fingerprint density at radius 1 is 0.964 bits per heavy atom. The van der Waals surface area contributed by atoms with Crippen LogP contribution < -0.4 is 4.90 Å². The molecule has 7 heteroatoms. The van der Waals surface area contributed by atoms with E-state index in [-0.39, 0.29) is 5.91 Å². The van der Waals surface area contributed by atoms with Gasteiger partial charge in [-0.1, -0.05) is 37.0 Å². The van der Waals surface area contributed by atoms with Gasteiger partial charge in [-0.3, -0.25) is 4.79 Å². The number of carbonyl (C=O) groups excluding carboxylic acids is 1. The number of hydrogen-bond donors (Lipinski definition) is 1. The van der Waals surface area contributed by atoms with E-state index in [0.29, 0.717) is 37.6 Å². The van der Waals surface area contributed by atoms with Gasteiger partial charge < -0.3 is 9.80 Å². The smallest absolute Gasteiger partial charge is 0.277 e. The van der Waals surface area contributed by atoms with Crippen molar-refractivity contribution in [2.24, 2.45) is 0 Å². The maximum absolute atomic E-state index is 13.0. The van der Waals surface area contributed by atoms with Crippen molar-refractivity contribution in [3.63, 3.8) is 0 Å². The number of sulfonamides is 1. The fourth-order valence-corrected chi connectivity index (χ4v) is 5.92. The van der Waals surface area contributed by atoms with E-state index in [1.807, 2.05) is 30.9 Å². The standard InChI is InChI=1S/C21H33N3O3S/c1-18-8-9-20(19(2)16-18)28(26,27)24-14-12-22(13-15-24)17-21(25)23-10-6-4-3-5-7-11-23/h8-9,16H,3-7,10-15,17H2,1-2H3/p+1. The molecular weight excluding hydrogens is 374 g/mol. The van der Waals surface area contributed by atoms with E-state index in [1.165, 1.54) is 24.2 Å². The number of aryl methyl sites for hydroxylation is 2. The number of hydrogen-bond acceptors (Lipinski definition) is 3. The minimum Gasteiger partial charge on any atom is -0.338 e. The SMILES string of the molecule is Cc1ccc(S(=O)(=O)N2CC[NH+](CC(=O)N3CCCCCCC3)CC2)c(C)c1. The summed E-state index contributed by atoms with van der Waals surface area (Å²) < 4.78 is 27.6. The molecule has 0 unspecified atom stereocenters. The summed E-state index contributed by atoms with van der Waals surface area (Å²) in [6.07, 6.45) is 5.91. The Morgan fingerprint density at radius 2 is 1.57 bits per heavy atom. The molecule has 2 aliphatic heterocycles. The Kier molecular flexibility index (Phi) is 7.12. The van der Waals surface area contributed by atoms with E-state index in [9.17, 15) is 13.2 Å². The zero-order chi connectivity index (χ0) is 20.1. The predicted octanol–water partition coefficient (Wildman–Crippen LogP) is 0.985. The second-order valence-electron chi connectivity index (χ2n) is 8.25. The molecule has 1 aromatic rings. The van der Waals surface area contributed by atoms with Gasteiger partial charge in [0.05, 0.1) is 31.1 Å². The fourth-order valence-electron chi connectivity index (χ4n) is 4.27. The minimum atomic E-state index is -3.47. The van der Waals surface area contributed by atoms with E-state index in [0.717, 1.165) is 37.1 Å². The van der Waals surface area contributed by atoms with Crippen LogP contribution in [0.3, 0.4) is 0 Å². The summed E-state index contributed by atoms with van der Waals surface area (Å²) >= 11 is 0.